The van der Waals surface area contributed by atoms with E-state index in [1.807, 2.05) is 24.3 Å². The highest BCUT2D eigenvalue weighted by Gasteiger charge is 2.22. The molecule has 0 atom stereocenters. The molecule has 5 nitrogen and oxygen atoms in total. The first-order chi connectivity index (χ1) is 9.47. The molecule has 0 bridgehead atoms. The second-order valence-corrected chi connectivity index (χ2v) is 4.95. The molecule has 20 heavy (non-hydrogen) atoms. The van der Waals surface area contributed by atoms with E-state index in [0.29, 0.717) is 11.2 Å². The molecule has 0 radical (unpaired) electrons. The number of hydrogen-bond donors (Lipinski definition) is 2. The maximum atomic E-state index is 9.86. The second-order valence-electron chi connectivity index (χ2n) is 4.61. The largest absolute Gasteiger partial charge is 0.357 e. The monoisotopic (exact) mass is 287 g/mol. The number of para-hydroxylation sites is 1. The van der Waals surface area contributed by atoms with Gasteiger partial charge in [-0.2, -0.15) is 0 Å². The molecule has 0 aliphatic carbocycles. The molecule has 0 spiro atoms. The molecule has 3 rings (SSSR count). The third kappa shape index (κ3) is 2.18. The van der Waals surface area contributed by atoms with Crippen molar-refractivity contribution in [3.05, 3.63) is 48.0 Å². The molecule has 0 saturated heterocycles. The minimum absolute atomic E-state index is 0.148. The van der Waals surface area contributed by atoms with Crippen LogP contribution < -0.4 is 0 Å². The van der Waals surface area contributed by atoms with E-state index in [1.165, 1.54) is 12.4 Å². The molecule has 3 aromatic rings. The minimum Gasteiger partial charge on any atom is -0.357 e. The number of aliphatic hydroxyl groups is 2. The summed E-state index contributed by atoms with van der Waals surface area (Å²) >= 11 is 5.81. The Morgan fingerprint density at radius 1 is 1.20 bits per heavy atom. The van der Waals surface area contributed by atoms with Gasteiger partial charge in [0.05, 0.1) is 11.2 Å². The Hall–Kier alpha value is -1.89. The van der Waals surface area contributed by atoms with Gasteiger partial charge >= 0.3 is 0 Å². The van der Waals surface area contributed by atoms with Crippen LogP contribution >= 0.6 is 11.6 Å². The zero-order chi connectivity index (χ0) is 14.3. The van der Waals surface area contributed by atoms with Gasteiger partial charge in [-0.3, -0.25) is 0 Å². The Morgan fingerprint density at radius 2 is 1.95 bits per heavy atom. The van der Waals surface area contributed by atoms with Crippen LogP contribution in [0.5, 0.6) is 0 Å². The topological polar surface area (TPSA) is 71.2 Å². The van der Waals surface area contributed by atoms with Crippen LogP contribution in [0.1, 0.15) is 0 Å². The lowest BCUT2D eigenvalue weighted by Crippen LogP contribution is -2.32. The SMILES string of the molecule is BC(O)(O)n1cc(-c2ccnc(Cl)n2)c2ccccc21. The zero-order valence-electron chi connectivity index (χ0n) is 10.7. The van der Waals surface area contributed by atoms with Gasteiger partial charge in [0, 0.05) is 23.3 Å². The summed E-state index contributed by atoms with van der Waals surface area (Å²) in [4.78, 5) is 8.02. The standard InChI is InChI=1S/C13H11BClN3O2/c14-13(19,20)18-7-9(8-3-1-2-4-11(8)18)10-5-6-16-12(15)17-10/h1-7,19-20H,14H2. The van der Waals surface area contributed by atoms with E-state index in [1.54, 1.807) is 18.5 Å². The summed E-state index contributed by atoms with van der Waals surface area (Å²) in [5, 5.41) is 20.7. The number of hydrogen-bond acceptors (Lipinski definition) is 4. The van der Waals surface area contributed by atoms with Gasteiger partial charge in [-0.05, 0) is 23.7 Å². The summed E-state index contributed by atoms with van der Waals surface area (Å²) in [6, 6.07) is 9.14. The summed E-state index contributed by atoms with van der Waals surface area (Å²) in [6.07, 6.45) is 3.21. The van der Waals surface area contributed by atoms with Crippen LogP contribution in [-0.4, -0.2) is 32.6 Å². The van der Waals surface area contributed by atoms with E-state index in [2.05, 4.69) is 9.97 Å². The summed E-state index contributed by atoms with van der Waals surface area (Å²) in [7, 11) is 1.30. The maximum absolute atomic E-state index is 9.86. The predicted molar refractivity (Wildman–Crippen MR) is 78.9 cm³/mol. The van der Waals surface area contributed by atoms with Crippen LogP contribution in [0.15, 0.2) is 42.7 Å². The van der Waals surface area contributed by atoms with Crippen molar-refractivity contribution in [3.8, 4) is 11.3 Å². The van der Waals surface area contributed by atoms with E-state index < -0.39 is 5.81 Å². The fourth-order valence-electron chi connectivity index (χ4n) is 2.22. The molecule has 0 saturated carbocycles. The molecule has 2 heterocycles. The first-order valence-corrected chi connectivity index (χ1v) is 6.39. The Morgan fingerprint density at radius 3 is 2.65 bits per heavy atom. The van der Waals surface area contributed by atoms with Gasteiger partial charge in [0.15, 0.2) is 5.81 Å². The van der Waals surface area contributed by atoms with E-state index in [9.17, 15) is 10.2 Å². The molecule has 100 valence electrons. The van der Waals surface area contributed by atoms with Crippen LogP contribution in [0.25, 0.3) is 22.2 Å². The molecule has 0 fully saturated rings. The summed E-state index contributed by atoms with van der Waals surface area (Å²) in [6.45, 7) is 0. The number of benzene rings is 1. The zero-order valence-corrected chi connectivity index (χ0v) is 11.4. The smallest absolute Gasteiger partial charge is 0.222 e. The van der Waals surface area contributed by atoms with Crippen LogP contribution in [-0.2, 0) is 5.81 Å². The Bertz CT molecular complexity index is 783. The first-order valence-electron chi connectivity index (χ1n) is 6.01. The van der Waals surface area contributed by atoms with Gasteiger partial charge in [-0.1, -0.05) is 18.2 Å². The van der Waals surface area contributed by atoms with Crippen LogP contribution in [0.3, 0.4) is 0 Å². The quantitative estimate of drug-likeness (QED) is 0.418. The lowest BCUT2D eigenvalue weighted by atomic mass is 10.0. The summed E-state index contributed by atoms with van der Waals surface area (Å²) in [5.41, 5.74) is 2.09. The fourth-order valence-corrected chi connectivity index (χ4v) is 2.37. The van der Waals surface area contributed by atoms with E-state index in [-0.39, 0.29) is 5.28 Å². The number of fused-ring (bicyclic) bond motifs is 1. The molecule has 0 aliphatic heterocycles. The van der Waals surface area contributed by atoms with Crippen LogP contribution in [0.4, 0.5) is 0 Å². The van der Waals surface area contributed by atoms with Gasteiger partial charge in [-0.15, -0.1) is 0 Å². The molecule has 0 unspecified atom stereocenters. The fraction of sp³-hybridized carbons (Fsp3) is 0.0769. The minimum atomic E-state index is -1.99. The number of rotatable bonds is 2. The van der Waals surface area contributed by atoms with Crippen LogP contribution in [0.2, 0.25) is 5.28 Å². The predicted octanol–water partition coefficient (Wildman–Crippen LogP) is 0.937. The molecule has 2 aromatic heterocycles. The van der Waals surface area contributed by atoms with Gasteiger partial charge in [0.25, 0.3) is 0 Å². The van der Waals surface area contributed by atoms with Crippen molar-refractivity contribution in [1.29, 1.82) is 0 Å². The van der Waals surface area contributed by atoms with Crippen molar-refractivity contribution < 1.29 is 10.2 Å². The average Bonchev–Trinajstić information content (AvgIpc) is 2.78. The maximum Gasteiger partial charge on any atom is 0.222 e. The van der Waals surface area contributed by atoms with E-state index in [0.717, 1.165) is 10.9 Å². The Balaban J connectivity index is 2.32. The van der Waals surface area contributed by atoms with Gasteiger partial charge in [0.1, 0.15) is 0 Å². The molecule has 0 amide bonds. The summed E-state index contributed by atoms with van der Waals surface area (Å²) < 4.78 is 1.38. The normalized spacial score (nSPS) is 11.9. The number of nitrogens with zero attached hydrogens (tertiary/aromatic N) is 3. The number of aromatic nitrogens is 3. The Kier molecular flexibility index (Phi) is 3.01. The van der Waals surface area contributed by atoms with Gasteiger partial charge in [-0.25, -0.2) is 9.97 Å². The Labute approximate surface area is 120 Å². The third-order valence-electron chi connectivity index (χ3n) is 3.07. The lowest BCUT2D eigenvalue weighted by molar-refractivity contribution is -0.148. The highest BCUT2D eigenvalue weighted by atomic mass is 35.5. The van der Waals surface area contributed by atoms with Gasteiger partial charge < -0.3 is 14.8 Å². The van der Waals surface area contributed by atoms with Crippen molar-refractivity contribution in [1.82, 2.24) is 14.5 Å². The summed E-state index contributed by atoms with van der Waals surface area (Å²) in [5.74, 6) is -1.99. The molecule has 2 N–H and O–H groups in total. The first kappa shape index (κ1) is 13.1. The highest BCUT2D eigenvalue weighted by Crippen LogP contribution is 2.31. The third-order valence-corrected chi connectivity index (χ3v) is 3.25. The van der Waals surface area contributed by atoms with E-state index >= 15 is 0 Å². The molecule has 7 heteroatoms. The average molecular weight is 288 g/mol. The van der Waals surface area contributed by atoms with Gasteiger partial charge in [0.2, 0.25) is 13.1 Å². The molecular formula is C13H11BClN3O2. The molecule has 1 aromatic carbocycles. The van der Waals surface area contributed by atoms with Crippen molar-refractivity contribution in [2.24, 2.45) is 0 Å². The van der Waals surface area contributed by atoms with Crippen molar-refractivity contribution in [3.63, 3.8) is 0 Å². The van der Waals surface area contributed by atoms with E-state index in [4.69, 9.17) is 11.6 Å². The lowest BCUT2D eigenvalue weighted by Gasteiger charge is -2.19. The van der Waals surface area contributed by atoms with Crippen molar-refractivity contribution in [2.75, 3.05) is 0 Å². The van der Waals surface area contributed by atoms with Crippen LogP contribution in [0, 0.1) is 0 Å². The molecule has 0 aliphatic rings. The second kappa shape index (κ2) is 4.59. The van der Waals surface area contributed by atoms with Crippen molar-refractivity contribution in [2.45, 2.75) is 5.81 Å². The highest BCUT2D eigenvalue weighted by molar-refractivity contribution is 6.28. The number of halogens is 1. The van der Waals surface area contributed by atoms with Crippen molar-refractivity contribution >= 4 is 30.4 Å². The molecular weight excluding hydrogens is 276 g/mol.